The molecule has 6 aromatic carbocycles. The highest BCUT2D eigenvalue weighted by molar-refractivity contribution is 6.22. The van der Waals surface area contributed by atoms with Gasteiger partial charge in [0.05, 0.1) is 39.0 Å². The fourth-order valence-corrected chi connectivity index (χ4v) is 8.26. The second-order valence-electron chi connectivity index (χ2n) is 13.5. The molecule has 4 nitrogen and oxygen atoms in total. The lowest BCUT2D eigenvalue weighted by molar-refractivity contribution is 1.18. The van der Waals surface area contributed by atoms with Crippen molar-refractivity contribution in [2.45, 2.75) is 0 Å². The molecule has 0 radical (unpaired) electrons. The third kappa shape index (κ3) is 4.28. The first kappa shape index (κ1) is 28.8. The summed E-state index contributed by atoms with van der Waals surface area (Å²) in [5, 5.41) is 7.46. The molecule has 0 N–H and O–H groups in total. The van der Waals surface area contributed by atoms with Crippen LogP contribution in [0.1, 0.15) is 0 Å². The van der Waals surface area contributed by atoms with Crippen LogP contribution < -0.4 is 0 Å². The van der Waals surface area contributed by atoms with Gasteiger partial charge in [-0.3, -0.25) is 4.98 Å². The Balaban J connectivity index is 1.26. The lowest BCUT2D eigenvalue weighted by atomic mass is 9.99. The first-order valence-corrected chi connectivity index (χ1v) is 17.7. The minimum atomic E-state index is 0.899. The van der Waals surface area contributed by atoms with Crippen LogP contribution in [-0.2, 0) is 0 Å². The summed E-state index contributed by atoms with van der Waals surface area (Å²) in [4.78, 5) is 9.53. The third-order valence-corrected chi connectivity index (χ3v) is 10.5. The minimum Gasteiger partial charge on any atom is -0.309 e. The van der Waals surface area contributed by atoms with Crippen LogP contribution in [0.15, 0.2) is 182 Å². The van der Waals surface area contributed by atoms with Gasteiger partial charge in [-0.1, -0.05) is 103 Å². The van der Waals surface area contributed by atoms with Gasteiger partial charge in [-0.15, -0.1) is 0 Å². The Labute approximate surface area is 299 Å². The summed E-state index contributed by atoms with van der Waals surface area (Å²) in [6.07, 6.45) is 3.67. The van der Waals surface area contributed by atoms with Crippen LogP contribution in [0.25, 0.3) is 99.2 Å². The summed E-state index contributed by atoms with van der Waals surface area (Å²) in [7, 11) is 0. The van der Waals surface area contributed by atoms with Gasteiger partial charge in [0, 0.05) is 56.1 Å². The molecule has 0 spiro atoms. The molecule has 0 bridgehead atoms. The summed E-state index contributed by atoms with van der Waals surface area (Å²) < 4.78 is 4.92. The zero-order valence-electron chi connectivity index (χ0n) is 28.1. The van der Waals surface area contributed by atoms with E-state index in [1.54, 1.807) is 6.20 Å². The largest absolute Gasteiger partial charge is 0.309 e. The van der Waals surface area contributed by atoms with Crippen molar-refractivity contribution >= 4 is 59.9 Å². The van der Waals surface area contributed by atoms with E-state index in [2.05, 4.69) is 178 Å². The van der Waals surface area contributed by atoms with Crippen LogP contribution in [0.2, 0.25) is 0 Å². The van der Waals surface area contributed by atoms with Crippen LogP contribution in [0.4, 0.5) is 0 Å². The third-order valence-electron chi connectivity index (χ3n) is 10.5. The van der Waals surface area contributed by atoms with Crippen molar-refractivity contribution in [3.05, 3.63) is 182 Å². The molecule has 0 unspecified atom stereocenters. The zero-order valence-corrected chi connectivity index (χ0v) is 28.1. The van der Waals surface area contributed by atoms with Crippen LogP contribution in [-0.4, -0.2) is 18.9 Å². The van der Waals surface area contributed by atoms with Crippen LogP contribution >= 0.6 is 0 Å². The molecule has 0 saturated heterocycles. The van der Waals surface area contributed by atoms with E-state index in [4.69, 9.17) is 4.98 Å². The average molecular weight is 663 g/mol. The van der Waals surface area contributed by atoms with Crippen molar-refractivity contribution in [1.29, 1.82) is 0 Å². The standard InChI is InChI=1S/C48H30N4/c1-2-12-31(13-3-1)33-26-34(43-20-10-19-42(50-43)32-14-11-25-49-30-32)28-35(27-33)51-44-21-8-7-18-39(44)40-23-24-46-41(48(40)51)29-47-38-17-5-4-15-36(38)37-16-6-9-22-45(37)52(46)47/h1-30H. The number of aromatic nitrogens is 4. The highest BCUT2D eigenvalue weighted by atomic mass is 15.0. The first-order chi connectivity index (χ1) is 25.8. The maximum absolute atomic E-state index is 5.18. The smallest absolute Gasteiger partial charge is 0.0725 e. The molecule has 0 aliphatic heterocycles. The molecule has 11 rings (SSSR count). The first-order valence-electron chi connectivity index (χ1n) is 17.7. The summed E-state index contributed by atoms with van der Waals surface area (Å²) in [5.41, 5.74) is 13.2. The number of rotatable bonds is 4. The molecular formula is C48H30N4. The van der Waals surface area contributed by atoms with Gasteiger partial charge < -0.3 is 8.97 Å². The molecule has 0 fully saturated rings. The Kier molecular flexibility index (Phi) is 6.22. The van der Waals surface area contributed by atoms with E-state index in [-0.39, 0.29) is 0 Å². The lowest BCUT2D eigenvalue weighted by Gasteiger charge is -2.14. The minimum absolute atomic E-state index is 0.899. The molecule has 0 atom stereocenters. The van der Waals surface area contributed by atoms with Crippen LogP contribution in [0, 0.1) is 0 Å². The van der Waals surface area contributed by atoms with Gasteiger partial charge in [0.1, 0.15) is 0 Å². The molecular weight excluding hydrogens is 633 g/mol. The predicted octanol–water partition coefficient (Wildman–Crippen LogP) is 12.3. The van der Waals surface area contributed by atoms with E-state index in [0.29, 0.717) is 0 Å². The molecule has 5 aromatic heterocycles. The monoisotopic (exact) mass is 662 g/mol. The highest BCUT2D eigenvalue weighted by Gasteiger charge is 2.20. The number of benzene rings is 6. The molecule has 0 aliphatic carbocycles. The van der Waals surface area contributed by atoms with Gasteiger partial charge in [-0.05, 0) is 83.2 Å². The second kappa shape index (κ2) is 11.2. The van der Waals surface area contributed by atoms with Crippen molar-refractivity contribution in [2.24, 2.45) is 0 Å². The topological polar surface area (TPSA) is 35.1 Å². The number of nitrogens with zero attached hydrogens (tertiary/aromatic N) is 4. The van der Waals surface area contributed by atoms with Gasteiger partial charge in [-0.2, -0.15) is 0 Å². The van der Waals surface area contributed by atoms with E-state index >= 15 is 0 Å². The summed E-state index contributed by atoms with van der Waals surface area (Å²) in [6, 6.07) is 61.2. The predicted molar refractivity (Wildman–Crippen MR) is 216 cm³/mol. The summed E-state index contributed by atoms with van der Waals surface area (Å²) in [5.74, 6) is 0. The van der Waals surface area contributed by atoms with E-state index < -0.39 is 0 Å². The van der Waals surface area contributed by atoms with Crippen molar-refractivity contribution in [1.82, 2.24) is 18.9 Å². The maximum Gasteiger partial charge on any atom is 0.0725 e. The molecule has 0 aliphatic rings. The van der Waals surface area contributed by atoms with Crippen molar-refractivity contribution in [2.75, 3.05) is 0 Å². The van der Waals surface area contributed by atoms with E-state index in [0.717, 1.165) is 39.3 Å². The Morgan fingerprint density at radius 2 is 1.00 bits per heavy atom. The van der Waals surface area contributed by atoms with Gasteiger partial charge in [-0.25, -0.2) is 4.98 Å². The SMILES string of the molecule is c1ccc(-c2cc(-c3cccc(-c4cccnc4)n3)cc(-n3c4ccccc4c4ccc5c(cc6c7ccccc7c7ccccc7n65)c43)c2)cc1. The highest BCUT2D eigenvalue weighted by Crippen LogP contribution is 2.42. The molecule has 11 aromatic rings. The summed E-state index contributed by atoms with van der Waals surface area (Å²) >= 11 is 0. The number of hydrogen-bond donors (Lipinski definition) is 0. The van der Waals surface area contributed by atoms with Gasteiger partial charge in [0.25, 0.3) is 0 Å². The number of pyridine rings is 3. The molecule has 4 heteroatoms. The molecule has 52 heavy (non-hydrogen) atoms. The number of para-hydroxylation sites is 2. The van der Waals surface area contributed by atoms with Crippen molar-refractivity contribution in [3.8, 4) is 39.3 Å². The Hall–Kier alpha value is -7.04. The van der Waals surface area contributed by atoms with Gasteiger partial charge in [0.2, 0.25) is 0 Å². The van der Waals surface area contributed by atoms with Crippen molar-refractivity contribution < 1.29 is 0 Å². The van der Waals surface area contributed by atoms with Gasteiger partial charge in [0.15, 0.2) is 0 Å². The average Bonchev–Trinajstić information content (AvgIpc) is 3.79. The molecule has 5 heterocycles. The zero-order chi connectivity index (χ0) is 34.2. The molecule has 0 amide bonds. The van der Waals surface area contributed by atoms with E-state index in [9.17, 15) is 0 Å². The lowest BCUT2D eigenvalue weighted by Crippen LogP contribution is -1.97. The molecule has 242 valence electrons. The number of hydrogen-bond acceptors (Lipinski definition) is 2. The fourth-order valence-electron chi connectivity index (χ4n) is 8.26. The Morgan fingerprint density at radius 1 is 0.365 bits per heavy atom. The van der Waals surface area contributed by atoms with Crippen LogP contribution in [0.5, 0.6) is 0 Å². The van der Waals surface area contributed by atoms with Gasteiger partial charge >= 0.3 is 0 Å². The second-order valence-corrected chi connectivity index (χ2v) is 13.5. The quantitative estimate of drug-likeness (QED) is 0.176. The number of fused-ring (bicyclic) bond motifs is 12. The Morgan fingerprint density at radius 3 is 1.79 bits per heavy atom. The van der Waals surface area contributed by atoms with E-state index in [1.807, 2.05) is 12.3 Å². The molecule has 0 saturated carbocycles. The maximum atomic E-state index is 5.18. The summed E-state index contributed by atoms with van der Waals surface area (Å²) in [6.45, 7) is 0. The van der Waals surface area contributed by atoms with E-state index in [1.165, 1.54) is 59.9 Å². The van der Waals surface area contributed by atoms with Crippen LogP contribution in [0.3, 0.4) is 0 Å². The Bertz CT molecular complexity index is 3170. The fraction of sp³-hybridized carbons (Fsp3) is 0. The van der Waals surface area contributed by atoms with Crippen molar-refractivity contribution in [3.63, 3.8) is 0 Å². The normalized spacial score (nSPS) is 11.8.